The molecule has 0 fully saturated rings. The molecule has 2 rings (SSSR count). The van der Waals surface area contributed by atoms with Gasteiger partial charge in [0.2, 0.25) is 5.11 Å². The number of hydrogen-bond acceptors (Lipinski definition) is 3. The summed E-state index contributed by atoms with van der Waals surface area (Å²) in [6.07, 6.45) is 3.38. The maximum Gasteiger partial charge on any atom is 0.207 e. The van der Waals surface area contributed by atoms with E-state index in [4.69, 9.17) is 12.2 Å². The van der Waals surface area contributed by atoms with E-state index in [1.807, 2.05) is 60.7 Å². The third-order valence-electron chi connectivity index (χ3n) is 2.36. The zero-order valence-corrected chi connectivity index (χ0v) is 11.5. The number of benzene rings is 2. The van der Waals surface area contributed by atoms with Crippen LogP contribution < -0.4 is 10.9 Å². The first-order valence-corrected chi connectivity index (χ1v) is 6.47. The molecule has 0 aromatic heterocycles. The van der Waals surface area contributed by atoms with Crippen LogP contribution in [0, 0.1) is 0 Å². The summed E-state index contributed by atoms with van der Waals surface area (Å²) in [7, 11) is 0. The molecule has 0 spiro atoms. The Hall–Kier alpha value is -2.53. The van der Waals surface area contributed by atoms with E-state index in [1.54, 1.807) is 12.4 Å². The first-order chi connectivity index (χ1) is 9.84. The van der Waals surface area contributed by atoms with Crippen LogP contribution in [0.1, 0.15) is 11.1 Å². The van der Waals surface area contributed by atoms with E-state index in [0.29, 0.717) is 5.11 Å². The Morgan fingerprint density at radius 2 is 1.15 bits per heavy atom. The third-order valence-corrected chi connectivity index (χ3v) is 2.54. The summed E-state index contributed by atoms with van der Waals surface area (Å²) in [5, 5.41) is 8.37. The Balaban J connectivity index is 1.76. The second-order valence-electron chi connectivity index (χ2n) is 3.89. The fourth-order valence-corrected chi connectivity index (χ4v) is 1.54. The van der Waals surface area contributed by atoms with Gasteiger partial charge in [0.1, 0.15) is 0 Å². The standard InChI is InChI=1S/C15H14N4S/c20-15(18-16-11-13-7-3-1-4-8-13)19-17-12-14-9-5-2-6-10-14/h1-12H,(H2,18,19,20)/b16-11-,17-12?. The Labute approximate surface area is 123 Å². The van der Waals surface area contributed by atoms with Gasteiger partial charge in [-0.3, -0.25) is 10.9 Å². The lowest BCUT2D eigenvalue weighted by Crippen LogP contribution is -2.28. The predicted molar refractivity (Wildman–Crippen MR) is 86.9 cm³/mol. The van der Waals surface area contributed by atoms with E-state index in [2.05, 4.69) is 21.1 Å². The van der Waals surface area contributed by atoms with Crippen molar-refractivity contribution in [2.45, 2.75) is 0 Å². The number of thiocarbonyl (C=S) groups is 1. The van der Waals surface area contributed by atoms with Crippen LogP contribution in [0.5, 0.6) is 0 Å². The van der Waals surface area contributed by atoms with Crippen LogP contribution in [0.4, 0.5) is 0 Å². The lowest BCUT2D eigenvalue weighted by Gasteiger charge is -2.00. The van der Waals surface area contributed by atoms with E-state index in [0.717, 1.165) is 11.1 Å². The van der Waals surface area contributed by atoms with Gasteiger partial charge in [0.15, 0.2) is 0 Å². The van der Waals surface area contributed by atoms with E-state index in [-0.39, 0.29) is 0 Å². The zero-order valence-electron chi connectivity index (χ0n) is 10.7. The van der Waals surface area contributed by atoms with Gasteiger partial charge in [0.05, 0.1) is 12.4 Å². The Morgan fingerprint density at radius 1 is 0.750 bits per heavy atom. The highest BCUT2D eigenvalue weighted by molar-refractivity contribution is 7.80. The zero-order chi connectivity index (χ0) is 14.0. The highest BCUT2D eigenvalue weighted by Crippen LogP contribution is 1.94. The second-order valence-corrected chi connectivity index (χ2v) is 4.30. The summed E-state index contributed by atoms with van der Waals surface area (Å²) in [5.41, 5.74) is 7.38. The highest BCUT2D eigenvalue weighted by Gasteiger charge is 1.89. The van der Waals surface area contributed by atoms with Crippen LogP contribution in [0.25, 0.3) is 0 Å². The first kappa shape index (κ1) is 13.9. The van der Waals surface area contributed by atoms with Gasteiger partial charge in [-0.1, -0.05) is 60.7 Å². The molecule has 0 radical (unpaired) electrons. The molecule has 100 valence electrons. The van der Waals surface area contributed by atoms with Crippen molar-refractivity contribution in [2.24, 2.45) is 10.2 Å². The monoisotopic (exact) mass is 282 g/mol. The Morgan fingerprint density at radius 3 is 1.55 bits per heavy atom. The van der Waals surface area contributed by atoms with Crippen molar-refractivity contribution in [3.63, 3.8) is 0 Å². The molecule has 0 unspecified atom stereocenters. The fourth-order valence-electron chi connectivity index (χ4n) is 1.43. The van der Waals surface area contributed by atoms with E-state index >= 15 is 0 Å². The van der Waals surface area contributed by atoms with E-state index < -0.39 is 0 Å². The van der Waals surface area contributed by atoms with E-state index in [9.17, 15) is 0 Å². The molecule has 2 aromatic rings. The maximum absolute atomic E-state index is 5.04. The molecule has 0 saturated heterocycles. The lowest BCUT2D eigenvalue weighted by molar-refractivity contribution is 0.935. The topological polar surface area (TPSA) is 48.8 Å². The molecule has 0 aliphatic carbocycles. The number of hydrogen-bond donors (Lipinski definition) is 2. The van der Waals surface area contributed by atoms with Crippen molar-refractivity contribution in [1.29, 1.82) is 0 Å². The second kappa shape index (κ2) is 7.81. The number of rotatable bonds is 4. The average molecular weight is 282 g/mol. The molecular weight excluding hydrogens is 268 g/mol. The van der Waals surface area contributed by atoms with Gasteiger partial charge in [-0.2, -0.15) is 10.2 Å². The molecular formula is C15H14N4S. The molecule has 5 heteroatoms. The average Bonchev–Trinajstić information content (AvgIpc) is 2.49. The van der Waals surface area contributed by atoms with Crippen molar-refractivity contribution < 1.29 is 0 Å². The first-order valence-electron chi connectivity index (χ1n) is 6.07. The number of nitrogens with one attached hydrogen (secondary N) is 2. The third kappa shape index (κ3) is 4.99. The Kier molecular flexibility index (Phi) is 5.42. The molecule has 0 aliphatic heterocycles. The van der Waals surface area contributed by atoms with Crippen molar-refractivity contribution in [3.8, 4) is 0 Å². The van der Waals surface area contributed by atoms with Crippen LogP contribution in [-0.4, -0.2) is 17.5 Å². The fraction of sp³-hybridized carbons (Fsp3) is 0. The summed E-state index contributed by atoms with van der Waals surface area (Å²) in [5.74, 6) is 0. The molecule has 2 aromatic carbocycles. The largest absolute Gasteiger partial charge is 0.252 e. The summed E-state index contributed by atoms with van der Waals surface area (Å²) >= 11 is 5.04. The maximum atomic E-state index is 5.04. The van der Waals surface area contributed by atoms with Gasteiger partial charge in [-0.25, -0.2) is 0 Å². The van der Waals surface area contributed by atoms with Crippen molar-refractivity contribution in [2.75, 3.05) is 0 Å². The Bertz CT molecular complexity index is 540. The van der Waals surface area contributed by atoms with Gasteiger partial charge in [-0.15, -0.1) is 0 Å². The molecule has 0 bridgehead atoms. The molecule has 20 heavy (non-hydrogen) atoms. The highest BCUT2D eigenvalue weighted by atomic mass is 32.1. The van der Waals surface area contributed by atoms with Crippen molar-refractivity contribution in [3.05, 3.63) is 71.8 Å². The van der Waals surface area contributed by atoms with Crippen LogP contribution >= 0.6 is 12.2 Å². The molecule has 0 atom stereocenters. The van der Waals surface area contributed by atoms with Gasteiger partial charge in [-0.05, 0) is 23.3 Å². The van der Waals surface area contributed by atoms with Crippen LogP contribution in [0.2, 0.25) is 0 Å². The minimum absolute atomic E-state index is 0.337. The van der Waals surface area contributed by atoms with Crippen LogP contribution in [0.3, 0.4) is 0 Å². The lowest BCUT2D eigenvalue weighted by atomic mass is 10.2. The molecule has 0 heterocycles. The molecule has 0 aliphatic rings. The van der Waals surface area contributed by atoms with Crippen molar-refractivity contribution in [1.82, 2.24) is 10.9 Å². The van der Waals surface area contributed by atoms with Gasteiger partial charge >= 0.3 is 0 Å². The quantitative estimate of drug-likeness (QED) is 0.514. The number of nitrogens with zero attached hydrogens (tertiary/aromatic N) is 2. The normalized spacial score (nSPS) is 10.8. The molecule has 0 amide bonds. The van der Waals surface area contributed by atoms with Crippen molar-refractivity contribution >= 4 is 29.8 Å². The molecule has 2 N–H and O–H groups in total. The molecule has 4 nitrogen and oxygen atoms in total. The van der Waals surface area contributed by atoms with Gasteiger partial charge < -0.3 is 0 Å². The summed E-state index contributed by atoms with van der Waals surface area (Å²) < 4.78 is 0. The number of hydrazone groups is 2. The minimum Gasteiger partial charge on any atom is -0.252 e. The summed E-state index contributed by atoms with van der Waals surface area (Å²) in [4.78, 5) is 0. The summed E-state index contributed by atoms with van der Waals surface area (Å²) in [6, 6.07) is 19.5. The van der Waals surface area contributed by atoms with E-state index in [1.165, 1.54) is 0 Å². The van der Waals surface area contributed by atoms with Gasteiger partial charge in [0, 0.05) is 0 Å². The summed E-state index contributed by atoms with van der Waals surface area (Å²) in [6.45, 7) is 0. The smallest absolute Gasteiger partial charge is 0.207 e. The minimum atomic E-state index is 0.337. The van der Waals surface area contributed by atoms with Crippen LogP contribution in [-0.2, 0) is 0 Å². The van der Waals surface area contributed by atoms with Gasteiger partial charge in [0.25, 0.3) is 0 Å². The van der Waals surface area contributed by atoms with Crippen LogP contribution in [0.15, 0.2) is 70.9 Å². The SMILES string of the molecule is S=C(NN=Cc1ccccc1)N/N=C\c1ccccc1. The molecule has 0 saturated carbocycles. The predicted octanol–water partition coefficient (Wildman–Crippen LogP) is 2.52.